The number of anilines is 1. The number of rotatable bonds is 1. The Labute approximate surface area is 117 Å². The summed E-state index contributed by atoms with van der Waals surface area (Å²) in [6.07, 6.45) is -0.0572. The normalized spacial score (nSPS) is 31.0. The average molecular weight is 315 g/mol. The van der Waals surface area contributed by atoms with Crippen LogP contribution in [0.25, 0.3) is 0 Å². The van der Waals surface area contributed by atoms with Gasteiger partial charge in [0.25, 0.3) is 0 Å². The van der Waals surface area contributed by atoms with E-state index in [1.54, 1.807) is 30.3 Å². The number of sulfone groups is 2. The molecular weight excluding hydrogens is 302 g/mol. The minimum absolute atomic E-state index is 0.0572. The van der Waals surface area contributed by atoms with E-state index in [1.807, 2.05) is 0 Å². The number of amides is 1. The van der Waals surface area contributed by atoms with Gasteiger partial charge in [0.2, 0.25) is 5.91 Å². The highest BCUT2D eigenvalue weighted by molar-refractivity contribution is 7.97. The largest absolute Gasteiger partial charge is 0.290 e. The Balaban J connectivity index is 2.20. The van der Waals surface area contributed by atoms with Crippen LogP contribution in [0.1, 0.15) is 6.42 Å². The lowest BCUT2D eigenvalue weighted by Crippen LogP contribution is -2.50. The van der Waals surface area contributed by atoms with E-state index in [0.717, 1.165) is 4.90 Å². The summed E-state index contributed by atoms with van der Waals surface area (Å²) in [6, 6.07) is 8.35. The molecule has 1 aromatic rings. The van der Waals surface area contributed by atoms with E-state index in [9.17, 15) is 21.6 Å². The second kappa shape index (κ2) is 4.05. The molecule has 108 valence electrons. The van der Waals surface area contributed by atoms with Crippen LogP contribution in [-0.4, -0.2) is 44.9 Å². The molecule has 0 bridgehead atoms. The van der Waals surface area contributed by atoms with E-state index in [1.165, 1.54) is 0 Å². The first-order valence-electron chi connectivity index (χ1n) is 6.08. The Morgan fingerprint density at radius 3 is 2.25 bits per heavy atom. The fourth-order valence-electron chi connectivity index (χ4n) is 2.91. The summed E-state index contributed by atoms with van der Waals surface area (Å²) in [5.74, 6) is -1.91. The molecule has 0 radical (unpaired) electrons. The highest BCUT2D eigenvalue weighted by Crippen LogP contribution is 2.42. The number of benzene rings is 1. The van der Waals surface area contributed by atoms with Crippen molar-refractivity contribution >= 4 is 31.3 Å². The van der Waals surface area contributed by atoms with Crippen molar-refractivity contribution < 1.29 is 21.6 Å². The van der Waals surface area contributed by atoms with Crippen molar-refractivity contribution in [3.63, 3.8) is 0 Å². The Morgan fingerprint density at radius 1 is 1.05 bits per heavy atom. The molecule has 2 fully saturated rings. The van der Waals surface area contributed by atoms with Crippen LogP contribution in [0, 0.1) is 0 Å². The second-order valence-corrected chi connectivity index (χ2v) is 9.57. The molecule has 0 unspecified atom stereocenters. The van der Waals surface area contributed by atoms with Gasteiger partial charge >= 0.3 is 0 Å². The van der Waals surface area contributed by atoms with Crippen LogP contribution in [0.3, 0.4) is 0 Å². The zero-order valence-corrected chi connectivity index (χ0v) is 12.2. The van der Waals surface area contributed by atoms with Crippen molar-refractivity contribution in [2.24, 2.45) is 0 Å². The maximum Gasteiger partial charge on any atom is 0.243 e. The van der Waals surface area contributed by atoms with Crippen molar-refractivity contribution in [1.82, 2.24) is 0 Å². The summed E-state index contributed by atoms with van der Waals surface area (Å²) in [4.78, 5) is 11.7. The fraction of sp³-hybridized carbons (Fsp3) is 0.417. The number of para-hydroxylation sites is 1. The van der Waals surface area contributed by atoms with Crippen LogP contribution in [0.2, 0.25) is 0 Å². The van der Waals surface area contributed by atoms with Crippen LogP contribution in [0.15, 0.2) is 30.3 Å². The summed E-state index contributed by atoms with van der Waals surface area (Å²) in [7, 11) is -7.25. The molecule has 6 nitrogen and oxygen atoms in total. The van der Waals surface area contributed by atoms with E-state index < -0.39 is 42.0 Å². The Bertz CT molecular complexity index is 769. The lowest BCUT2D eigenvalue weighted by molar-refractivity contribution is -0.116. The molecule has 1 amide bonds. The number of carbonyl (C=O) groups excluding carboxylic acids is 1. The third-order valence-corrected chi connectivity index (χ3v) is 8.05. The number of hydrogen-bond acceptors (Lipinski definition) is 5. The van der Waals surface area contributed by atoms with Crippen LogP contribution >= 0.6 is 0 Å². The van der Waals surface area contributed by atoms with E-state index in [-0.39, 0.29) is 12.2 Å². The Hall–Kier alpha value is -1.41. The number of hydrogen-bond donors (Lipinski definition) is 0. The summed E-state index contributed by atoms with van der Waals surface area (Å²) in [5, 5.41) is 0. The van der Waals surface area contributed by atoms with Gasteiger partial charge in [-0.25, -0.2) is 16.8 Å². The predicted octanol–water partition coefficient (Wildman–Crippen LogP) is -0.0372. The van der Waals surface area contributed by atoms with Crippen LogP contribution in [0.5, 0.6) is 0 Å². The molecule has 0 aliphatic carbocycles. The quantitative estimate of drug-likeness (QED) is 0.726. The number of carbonyl (C=O) groups is 1. The highest BCUT2D eigenvalue weighted by atomic mass is 32.2. The van der Waals surface area contributed by atoms with E-state index in [4.69, 9.17) is 0 Å². The Kier molecular flexibility index (Phi) is 2.74. The SMILES string of the molecule is O=C1CS(=O)(=O)[C@@]2(CCS(=O)(=O)C2)N1c1ccccc1. The molecule has 0 saturated carbocycles. The van der Waals surface area contributed by atoms with Crippen molar-refractivity contribution in [2.75, 3.05) is 22.2 Å². The van der Waals surface area contributed by atoms with Gasteiger partial charge in [0.05, 0.1) is 11.5 Å². The van der Waals surface area contributed by atoms with E-state index >= 15 is 0 Å². The summed E-state index contributed by atoms with van der Waals surface area (Å²) >= 11 is 0. The molecule has 2 saturated heterocycles. The summed E-state index contributed by atoms with van der Waals surface area (Å²) < 4.78 is 48.2. The predicted molar refractivity (Wildman–Crippen MR) is 73.7 cm³/mol. The summed E-state index contributed by atoms with van der Waals surface area (Å²) in [6.45, 7) is 0. The van der Waals surface area contributed by atoms with Crippen LogP contribution in [-0.2, 0) is 24.5 Å². The van der Waals surface area contributed by atoms with Gasteiger partial charge in [0, 0.05) is 12.1 Å². The molecule has 1 spiro atoms. The molecular formula is C12H13NO5S2. The molecule has 1 aromatic carbocycles. The zero-order valence-electron chi connectivity index (χ0n) is 10.5. The smallest absolute Gasteiger partial charge is 0.243 e. The van der Waals surface area contributed by atoms with Gasteiger partial charge in [-0.3, -0.25) is 9.69 Å². The topological polar surface area (TPSA) is 88.6 Å². The molecule has 8 heteroatoms. The van der Waals surface area contributed by atoms with Gasteiger partial charge in [-0.2, -0.15) is 0 Å². The maximum atomic E-state index is 12.3. The lowest BCUT2D eigenvalue weighted by Gasteiger charge is -2.32. The van der Waals surface area contributed by atoms with Gasteiger partial charge in [-0.05, 0) is 12.1 Å². The molecule has 20 heavy (non-hydrogen) atoms. The van der Waals surface area contributed by atoms with Gasteiger partial charge in [-0.15, -0.1) is 0 Å². The molecule has 0 N–H and O–H groups in total. The minimum atomic E-state index is -3.81. The third-order valence-electron chi connectivity index (χ3n) is 3.81. The Morgan fingerprint density at radius 2 is 1.70 bits per heavy atom. The minimum Gasteiger partial charge on any atom is -0.290 e. The molecule has 0 aromatic heterocycles. The third kappa shape index (κ3) is 1.78. The zero-order chi connectivity index (χ0) is 14.6. The summed E-state index contributed by atoms with van der Waals surface area (Å²) in [5.41, 5.74) is 0.427. The molecule has 2 aliphatic heterocycles. The first-order valence-corrected chi connectivity index (χ1v) is 9.56. The number of nitrogens with zero attached hydrogens (tertiary/aromatic N) is 1. The van der Waals surface area contributed by atoms with Gasteiger partial charge in [-0.1, -0.05) is 18.2 Å². The molecule has 3 rings (SSSR count). The van der Waals surface area contributed by atoms with Crippen molar-refractivity contribution in [3.8, 4) is 0 Å². The van der Waals surface area contributed by atoms with Gasteiger partial charge in [0.1, 0.15) is 5.75 Å². The first kappa shape index (κ1) is 13.6. The highest BCUT2D eigenvalue weighted by Gasteiger charge is 2.62. The van der Waals surface area contributed by atoms with Crippen molar-refractivity contribution in [1.29, 1.82) is 0 Å². The monoisotopic (exact) mass is 315 g/mol. The van der Waals surface area contributed by atoms with E-state index in [0.29, 0.717) is 5.69 Å². The fourth-order valence-corrected chi connectivity index (χ4v) is 7.67. The van der Waals surface area contributed by atoms with Crippen molar-refractivity contribution in [3.05, 3.63) is 30.3 Å². The second-order valence-electron chi connectivity index (χ2n) is 5.11. The lowest BCUT2D eigenvalue weighted by atomic mass is 10.1. The molecule has 2 aliphatic rings. The van der Waals surface area contributed by atoms with Crippen LogP contribution < -0.4 is 4.90 Å². The average Bonchev–Trinajstić information content (AvgIpc) is 2.76. The van der Waals surface area contributed by atoms with Crippen molar-refractivity contribution in [2.45, 2.75) is 11.3 Å². The van der Waals surface area contributed by atoms with Gasteiger partial charge in [0.15, 0.2) is 24.5 Å². The van der Waals surface area contributed by atoms with E-state index in [2.05, 4.69) is 0 Å². The van der Waals surface area contributed by atoms with Crippen LogP contribution in [0.4, 0.5) is 5.69 Å². The maximum absolute atomic E-state index is 12.3. The van der Waals surface area contributed by atoms with Gasteiger partial charge < -0.3 is 0 Å². The first-order chi connectivity index (χ1) is 9.28. The standard InChI is InChI=1S/C12H13NO5S2/c14-11-8-20(17,18)12(6-7-19(15,16)9-12)13(11)10-4-2-1-3-5-10/h1-5H,6-9H2/t12-/m1/s1. The molecule has 2 heterocycles. The molecule has 1 atom stereocenters.